The zero-order valence-electron chi connectivity index (χ0n) is 15.8. The van der Waals surface area contributed by atoms with Crippen molar-refractivity contribution in [2.45, 2.75) is 25.3 Å². The van der Waals surface area contributed by atoms with E-state index in [0.29, 0.717) is 23.9 Å². The molecule has 4 rings (SSSR count). The lowest BCUT2D eigenvalue weighted by Crippen LogP contribution is -2.30. The summed E-state index contributed by atoms with van der Waals surface area (Å²) in [6.45, 7) is 0. The monoisotopic (exact) mass is 387 g/mol. The number of benzene rings is 2. The molecular formula is C23H21N3O3. The fourth-order valence-corrected chi connectivity index (χ4v) is 3.14. The van der Waals surface area contributed by atoms with E-state index in [4.69, 9.17) is 8.94 Å². The Morgan fingerprint density at radius 2 is 1.72 bits per heavy atom. The predicted octanol–water partition coefficient (Wildman–Crippen LogP) is 4.36. The largest absolute Gasteiger partial charge is 0.461 e. The third-order valence-corrected chi connectivity index (χ3v) is 4.60. The molecule has 0 radical (unpaired) electrons. The van der Waals surface area contributed by atoms with Gasteiger partial charge < -0.3 is 14.3 Å². The van der Waals surface area contributed by atoms with Gasteiger partial charge in [-0.1, -0.05) is 65.8 Å². The molecule has 1 atom stereocenters. The second-order valence-electron chi connectivity index (χ2n) is 6.71. The number of rotatable bonds is 8. The molecule has 0 aliphatic carbocycles. The average Bonchev–Trinajstić information content (AvgIpc) is 3.45. The zero-order chi connectivity index (χ0) is 19.9. The van der Waals surface area contributed by atoms with Gasteiger partial charge in [0.2, 0.25) is 17.6 Å². The van der Waals surface area contributed by atoms with Gasteiger partial charge in [0.05, 0.1) is 12.3 Å². The van der Waals surface area contributed by atoms with Crippen molar-refractivity contribution in [1.29, 1.82) is 0 Å². The summed E-state index contributed by atoms with van der Waals surface area (Å²) in [5.74, 6) is 1.27. The van der Waals surface area contributed by atoms with Gasteiger partial charge in [-0.3, -0.25) is 4.79 Å². The molecule has 0 aliphatic rings. The Morgan fingerprint density at radius 1 is 0.966 bits per heavy atom. The Hall–Kier alpha value is -3.67. The third-order valence-electron chi connectivity index (χ3n) is 4.60. The van der Waals surface area contributed by atoms with Gasteiger partial charge in [0.25, 0.3) is 0 Å². The topological polar surface area (TPSA) is 81.2 Å². The summed E-state index contributed by atoms with van der Waals surface area (Å²) in [5, 5.41) is 7.03. The minimum absolute atomic E-state index is 0.0625. The van der Waals surface area contributed by atoms with E-state index in [9.17, 15) is 4.79 Å². The number of carbonyl (C=O) groups excluding carboxylic acids is 1. The van der Waals surface area contributed by atoms with E-state index in [1.54, 1.807) is 18.4 Å². The summed E-state index contributed by atoms with van der Waals surface area (Å²) >= 11 is 0. The van der Waals surface area contributed by atoms with Gasteiger partial charge >= 0.3 is 0 Å². The molecule has 2 aromatic carbocycles. The molecule has 6 heteroatoms. The number of hydrogen-bond acceptors (Lipinski definition) is 5. The molecule has 146 valence electrons. The second-order valence-corrected chi connectivity index (χ2v) is 6.71. The van der Waals surface area contributed by atoms with E-state index in [0.717, 1.165) is 12.0 Å². The number of furan rings is 1. The van der Waals surface area contributed by atoms with Crippen LogP contribution >= 0.6 is 0 Å². The van der Waals surface area contributed by atoms with E-state index in [1.807, 2.05) is 48.5 Å². The molecule has 1 N–H and O–H groups in total. The van der Waals surface area contributed by atoms with Crippen molar-refractivity contribution < 1.29 is 13.7 Å². The first-order valence-corrected chi connectivity index (χ1v) is 9.52. The smallest absolute Gasteiger partial charge is 0.238 e. The highest BCUT2D eigenvalue weighted by molar-refractivity contribution is 5.76. The minimum atomic E-state index is -0.104. The Bertz CT molecular complexity index is 1030. The summed E-state index contributed by atoms with van der Waals surface area (Å²) in [5.41, 5.74) is 2.24. The van der Waals surface area contributed by atoms with Crippen LogP contribution in [0, 0.1) is 0 Å². The molecule has 4 aromatic rings. The van der Waals surface area contributed by atoms with Crippen LogP contribution in [0.15, 0.2) is 88.0 Å². The highest BCUT2D eigenvalue weighted by Gasteiger charge is 2.17. The van der Waals surface area contributed by atoms with Crippen molar-refractivity contribution in [3.05, 3.63) is 96.1 Å². The maximum atomic E-state index is 12.6. The standard InChI is InChI=1S/C23H21N3O3/c27-21(13-14-22-25-23(26-29-22)20-12-7-15-28-20)24-19(18-10-5-2-6-11-18)16-17-8-3-1-4-9-17/h1-12,15,19H,13-14,16H2,(H,24,27). The summed E-state index contributed by atoms with van der Waals surface area (Å²) in [7, 11) is 0. The van der Waals surface area contributed by atoms with Crippen LogP contribution in [0.3, 0.4) is 0 Å². The number of nitrogens with one attached hydrogen (secondary N) is 1. The average molecular weight is 387 g/mol. The van der Waals surface area contributed by atoms with E-state index in [-0.39, 0.29) is 18.4 Å². The molecule has 0 saturated carbocycles. The number of amides is 1. The van der Waals surface area contributed by atoms with Gasteiger partial charge in [-0.2, -0.15) is 4.98 Å². The van der Waals surface area contributed by atoms with Crippen LogP contribution < -0.4 is 5.32 Å². The van der Waals surface area contributed by atoms with Gasteiger partial charge in [0, 0.05) is 12.8 Å². The highest BCUT2D eigenvalue weighted by atomic mass is 16.5. The quantitative estimate of drug-likeness (QED) is 0.486. The first kappa shape index (κ1) is 18.7. The van der Waals surface area contributed by atoms with E-state index in [1.165, 1.54) is 5.56 Å². The molecule has 0 saturated heterocycles. The lowest BCUT2D eigenvalue weighted by molar-refractivity contribution is -0.121. The van der Waals surface area contributed by atoms with Gasteiger partial charge in [-0.15, -0.1) is 0 Å². The van der Waals surface area contributed by atoms with Crippen molar-refractivity contribution >= 4 is 5.91 Å². The molecule has 29 heavy (non-hydrogen) atoms. The maximum absolute atomic E-state index is 12.6. The highest BCUT2D eigenvalue weighted by Crippen LogP contribution is 2.19. The SMILES string of the molecule is O=C(CCc1nc(-c2ccco2)no1)NC(Cc1ccccc1)c1ccccc1. The molecular weight excluding hydrogens is 366 g/mol. The van der Waals surface area contributed by atoms with Crippen LogP contribution in [0.1, 0.15) is 29.5 Å². The lowest BCUT2D eigenvalue weighted by Gasteiger charge is -2.19. The molecule has 2 heterocycles. The molecule has 0 fully saturated rings. The third kappa shape index (κ3) is 4.99. The van der Waals surface area contributed by atoms with E-state index < -0.39 is 0 Å². The van der Waals surface area contributed by atoms with Gasteiger partial charge in [-0.25, -0.2) is 0 Å². The van der Waals surface area contributed by atoms with Crippen molar-refractivity contribution in [3.63, 3.8) is 0 Å². The predicted molar refractivity (Wildman–Crippen MR) is 108 cm³/mol. The lowest BCUT2D eigenvalue weighted by atomic mass is 9.98. The molecule has 6 nitrogen and oxygen atoms in total. The molecule has 1 unspecified atom stereocenters. The Labute approximate surface area is 168 Å². The van der Waals surface area contributed by atoms with Crippen LogP contribution in [0.25, 0.3) is 11.6 Å². The van der Waals surface area contributed by atoms with Gasteiger partial charge in [0.1, 0.15) is 0 Å². The number of aryl methyl sites for hydroxylation is 1. The molecule has 1 amide bonds. The summed E-state index contributed by atoms with van der Waals surface area (Å²) < 4.78 is 10.5. The minimum Gasteiger partial charge on any atom is -0.461 e. The van der Waals surface area contributed by atoms with Crippen molar-refractivity contribution in [2.75, 3.05) is 0 Å². The Morgan fingerprint density at radius 3 is 2.45 bits per heavy atom. The van der Waals surface area contributed by atoms with E-state index in [2.05, 4.69) is 27.6 Å². The number of hydrogen-bond donors (Lipinski definition) is 1. The van der Waals surface area contributed by atoms with E-state index >= 15 is 0 Å². The fourth-order valence-electron chi connectivity index (χ4n) is 3.14. The number of carbonyl (C=O) groups is 1. The van der Waals surface area contributed by atoms with Crippen LogP contribution in [-0.4, -0.2) is 16.0 Å². The van der Waals surface area contributed by atoms with Crippen molar-refractivity contribution in [1.82, 2.24) is 15.5 Å². The van der Waals surface area contributed by atoms with Crippen LogP contribution in [0.2, 0.25) is 0 Å². The van der Waals surface area contributed by atoms with Crippen molar-refractivity contribution in [2.24, 2.45) is 0 Å². The van der Waals surface area contributed by atoms with Crippen LogP contribution in [-0.2, 0) is 17.6 Å². The summed E-state index contributed by atoms with van der Waals surface area (Å²) in [4.78, 5) is 16.9. The maximum Gasteiger partial charge on any atom is 0.238 e. The zero-order valence-corrected chi connectivity index (χ0v) is 15.8. The first-order chi connectivity index (χ1) is 14.3. The summed E-state index contributed by atoms with van der Waals surface area (Å²) in [6.07, 6.45) is 2.90. The van der Waals surface area contributed by atoms with Gasteiger partial charge in [0.15, 0.2) is 5.76 Å². The summed E-state index contributed by atoms with van der Waals surface area (Å²) in [6, 6.07) is 23.5. The molecule has 2 aromatic heterocycles. The van der Waals surface area contributed by atoms with Gasteiger partial charge in [-0.05, 0) is 29.7 Å². The number of nitrogens with zero attached hydrogens (tertiary/aromatic N) is 2. The first-order valence-electron chi connectivity index (χ1n) is 9.52. The molecule has 0 spiro atoms. The molecule has 0 bridgehead atoms. The van der Waals surface area contributed by atoms with Crippen LogP contribution in [0.5, 0.6) is 0 Å². The fraction of sp³-hybridized carbons (Fsp3) is 0.174. The number of aromatic nitrogens is 2. The normalized spacial score (nSPS) is 11.9. The second kappa shape index (κ2) is 9.01. The van der Waals surface area contributed by atoms with Crippen molar-refractivity contribution in [3.8, 4) is 11.6 Å². The Kier molecular flexibility index (Phi) is 5.81. The van der Waals surface area contributed by atoms with Crippen LogP contribution in [0.4, 0.5) is 0 Å². The Balaban J connectivity index is 1.39. The molecule has 0 aliphatic heterocycles.